The molecule has 80 valence electrons. The Morgan fingerprint density at radius 3 is 2.29 bits per heavy atom. The lowest BCUT2D eigenvalue weighted by Crippen LogP contribution is -2.03. The van der Waals surface area contributed by atoms with E-state index in [0.29, 0.717) is 6.04 Å². The smallest absolute Gasteiger partial charge is 0.0276 e. The second kappa shape index (κ2) is 5.23. The van der Waals surface area contributed by atoms with Gasteiger partial charge in [0.1, 0.15) is 0 Å². The molecule has 0 N–H and O–H groups in total. The number of nitrogens with zero attached hydrogens (tertiary/aromatic N) is 1. The van der Waals surface area contributed by atoms with Crippen molar-refractivity contribution in [3.8, 4) is 0 Å². The van der Waals surface area contributed by atoms with Crippen molar-refractivity contribution in [2.75, 3.05) is 0 Å². The first-order valence-electron chi connectivity index (χ1n) is 5.88. The van der Waals surface area contributed by atoms with Crippen LogP contribution in [0, 0.1) is 0 Å². The summed E-state index contributed by atoms with van der Waals surface area (Å²) in [6.45, 7) is 9.01. The number of aryl methyl sites for hydroxylation is 2. The molecule has 0 aromatic carbocycles. The molecule has 1 heterocycles. The minimum absolute atomic E-state index is 0.599. The van der Waals surface area contributed by atoms with E-state index in [0.717, 1.165) is 0 Å². The minimum atomic E-state index is 0.599. The van der Waals surface area contributed by atoms with Crippen LogP contribution in [0.1, 0.15) is 57.8 Å². The molecule has 0 bridgehead atoms. The molecule has 0 saturated carbocycles. The molecule has 0 aliphatic heterocycles. The molecule has 0 radical (unpaired) electrons. The van der Waals surface area contributed by atoms with Gasteiger partial charge in [-0.3, -0.25) is 0 Å². The van der Waals surface area contributed by atoms with Gasteiger partial charge in [0.15, 0.2) is 0 Å². The lowest BCUT2D eigenvalue weighted by Gasteiger charge is -2.11. The molecule has 0 spiro atoms. The lowest BCUT2D eigenvalue weighted by molar-refractivity contribution is 0.572. The fourth-order valence-electron chi connectivity index (χ4n) is 1.95. The third-order valence-electron chi connectivity index (χ3n) is 2.59. The summed E-state index contributed by atoms with van der Waals surface area (Å²) < 4.78 is 2.43. The van der Waals surface area contributed by atoms with Gasteiger partial charge < -0.3 is 4.57 Å². The summed E-state index contributed by atoms with van der Waals surface area (Å²) in [4.78, 5) is 0. The van der Waals surface area contributed by atoms with Crippen LogP contribution in [0.5, 0.6) is 0 Å². The molecule has 0 saturated heterocycles. The average Bonchev–Trinajstić information content (AvgIpc) is 2.49. The van der Waals surface area contributed by atoms with Crippen LogP contribution in [0.25, 0.3) is 0 Å². The van der Waals surface area contributed by atoms with Gasteiger partial charge in [0, 0.05) is 17.9 Å². The highest BCUT2D eigenvalue weighted by Crippen LogP contribution is 2.17. The SMILES string of the molecule is CCCc1cc(CCC)n(C(C)C)c1. The van der Waals surface area contributed by atoms with Crippen LogP contribution in [0.4, 0.5) is 0 Å². The molecule has 0 aliphatic rings. The number of rotatable bonds is 5. The van der Waals surface area contributed by atoms with Gasteiger partial charge in [0.25, 0.3) is 0 Å². The number of aromatic nitrogens is 1. The van der Waals surface area contributed by atoms with Gasteiger partial charge >= 0.3 is 0 Å². The second-order valence-corrected chi connectivity index (χ2v) is 4.34. The first-order valence-corrected chi connectivity index (χ1v) is 5.88. The van der Waals surface area contributed by atoms with Crippen LogP contribution in [-0.2, 0) is 12.8 Å². The van der Waals surface area contributed by atoms with E-state index in [2.05, 4.69) is 44.5 Å². The second-order valence-electron chi connectivity index (χ2n) is 4.34. The van der Waals surface area contributed by atoms with Gasteiger partial charge in [-0.05, 0) is 38.3 Å². The Balaban J connectivity index is 2.87. The monoisotopic (exact) mass is 193 g/mol. The quantitative estimate of drug-likeness (QED) is 0.666. The Hall–Kier alpha value is -0.720. The third kappa shape index (κ3) is 2.63. The maximum absolute atomic E-state index is 2.43. The van der Waals surface area contributed by atoms with E-state index in [9.17, 15) is 0 Å². The van der Waals surface area contributed by atoms with Crippen molar-refractivity contribution >= 4 is 0 Å². The Morgan fingerprint density at radius 2 is 1.79 bits per heavy atom. The van der Waals surface area contributed by atoms with Crippen LogP contribution < -0.4 is 0 Å². The molecule has 14 heavy (non-hydrogen) atoms. The van der Waals surface area contributed by atoms with Crippen LogP contribution in [-0.4, -0.2) is 4.57 Å². The molecular formula is C13H23N. The first kappa shape index (κ1) is 11.4. The predicted octanol–water partition coefficient (Wildman–Crippen LogP) is 3.97. The van der Waals surface area contributed by atoms with Crippen LogP contribution in [0.2, 0.25) is 0 Å². The summed E-state index contributed by atoms with van der Waals surface area (Å²) >= 11 is 0. The van der Waals surface area contributed by atoms with Crippen LogP contribution >= 0.6 is 0 Å². The van der Waals surface area contributed by atoms with Crippen molar-refractivity contribution in [1.82, 2.24) is 4.57 Å². The molecule has 1 aromatic rings. The zero-order valence-corrected chi connectivity index (χ0v) is 10.0. The molecular weight excluding hydrogens is 170 g/mol. The maximum Gasteiger partial charge on any atom is 0.0276 e. The van der Waals surface area contributed by atoms with E-state index >= 15 is 0 Å². The Morgan fingerprint density at radius 1 is 1.14 bits per heavy atom. The van der Waals surface area contributed by atoms with Gasteiger partial charge in [0.05, 0.1) is 0 Å². The minimum Gasteiger partial charge on any atom is -0.349 e. The van der Waals surface area contributed by atoms with Gasteiger partial charge in [-0.25, -0.2) is 0 Å². The number of hydrogen-bond donors (Lipinski definition) is 0. The zero-order valence-electron chi connectivity index (χ0n) is 10.0. The van der Waals surface area contributed by atoms with Crippen molar-refractivity contribution in [3.05, 3.63) is 23.5 Å². The van der Waals surface area contributed by atoms with Crippen LogP contribution in [0.15, 0.2) is 12.3 Å². The van der Waals surface area contributed by atoms with E-state index in [1.165, 1.54) is 36.9 Å². The highest BCUT2D eigenvalue weighted by molar-refractivity contribution is 5.20. The normalized spacial score (nSPS) is 11.2. The number of hydrogen-bond acceptors (Lipinski definition) is 0. The first-order chi connectivity index (χ1) is 6.69. The van der Waals surface area contributed by atoms with E-state index in [4.69, 9.17) is 0 Å². The molecule has 1 aromatic heterocycles. The maximum atomic E-state index is 2.43. The van der Waals surface area contributed by atoms with E-state index in [-0.39, 0.29) is 0 Å². The summed E-state index contributed by atoms with van der Waals surface area (Å²) in [5, 5.41) is 0. The Kier molecular flexibility index (Phi) is 4.24. The van der Waals surface area contributed by atoms with Crippen molar-refractivity contribution < 1.29 is 0 Å². The van der Waals surface area contributed by atoms with Crippen molar-refractivity contribution in [2.45, 2.75) is 59.4 Å². The fourth-order valence-corrected chi connectivity index (χ4v) is 1.95. The molecule has 0 unspecified atom stereocenters. The molecule has 1 heteroatoms. The third-order valence-corrected chi connectivity index (χ3v) is 2.59. The van der Waals surface area contributed by atoms with Gasteiger partial charge in [-0.2, -0.15) is 0 Å². The van der Waals surface area contributed by atoms with Crippen molar-refractivity contribution in [3.63, 3.8) is 0 Å². The topological polar surface area (TPSA) is 4.93 Å². The molecule has 0 amide bonds. The van der Waals surface area contributed by atoms with Crippen molar-refractivity contribution in [2.24, 2.45) is 0 Å². The largest absolute Gasteiger partial charge is 0.349 e. The molecule has 0 aliphatic carbocycles. The summed E-state index contributed by atoms with van der Waals surface area (Å²) in [6, 6.07) is 2.98. The summed E-state index contributed by atoms with van der Waals surface area (Å²) in [5.74, 6) is 0. The van der Waals surface area contributed by atoms with E-state index < -0.39 is 0 Å². The highest BCUT2D eigenvalue weighted by Gasteiger charge is 2.06. The molecule has 0 fully saturated rings. The lowest BCUT2D eigenvalue weighted by atomic mass is 10.2. The standard InChI is InChI=1S/C13H23N/c1-5-7-12-9-13(8-6-2)14(10-12)11(3)4/h9-11H,5-8H2,1-4H3. The van der Waals surface area contributed by atoms with E-state index in [1.807, 2.05) is 0 Å². The molecule has 1 rings (SSSR count). The Labute approximate surface area is 88.1 Å². The van der Waals surface area contributed by atoms with E-state index in [1.54, 1.807) is 0 Å². The molecule has 0 atom stereocenters. The van der Waals surface area contributed by atoms with Gasteiger partial charge in [-0.15, -0.1) is 0 Å². The fraction of sp³-hybridized carbons (Fsp3) is 0.692. The summed E-state index contributed by atoms with van der Waals surface area (Å²) in [6.07, 6.45) is 7.24. The van der Waals surface area contributed by atoms with Gasteiger partial charge in [-0.1, -0.05) is 26.7 Å². The summed E-state index contributed by atoms with van der Waals surface area (Å²) in [7, 11) is 0. The Bertz CT molecular complexity index is 271. The molecule has 1 nitrogen and oxygen atoms in total. The average molecular weight is 193 g/mol. The predicted molar refractivity (Wildman–Crippen MR) is 62.8 cm³/mol. The zero-order chi connectivity index (χ0) is 10.6. The van der Waals surface area contributed by atoms with Crippen LogP contribution in [0.3, 0.4) is 0 Å². The van der Waals surface area contributed by atoms with Crippen molar-refractivity contribution in [1.29, 1.82) is 0 Å². The summed E-state index contributed by atoms with van der Waals surface area (Å²) in [5.41, 5.74) is 3.01. The van der Waals surface area contributed by atoms with Gasteiger partial charge in [0.2, 0.25) is 0 Å². The highest BCUT2D eigenvalue weighted by atomic mass is 15.0.